The number of ketones is 1. The first-order valence-electron chi connectivity index (χ1n) is 8.43. The smallest absolute Gasteiger partial charge is 0.302 e. The topological polar surface area (TPSA) is 72.5 Å². The SMILES string of the molecule is CC(=O)CCC(C)(C/C=C/CNC(=O)c1ccccc1)COC(C)=O. The highest BCUT2D eigenvalue weighted by Crippen LogP contribution is 2.29. The lowest BCUT2D eigenvalue weighted by Gasteiger charge is -2.27. The van der Waals surface area contributed by atoms with E-state index in [0.717, 1.165) is 0 Å². The van der Waals surface area contributed by atoms with Gasteiger partial charge in [-0.05, 0) is 31.9 Å². The average molecular weight is 345 g/mol. The first-order valence-corrected chi connectivity index (χ1v) is 8.43. The molecule has 0 spiro atoms. The summed E-state index contributed by atoms with van der Waals surface area (Å²) >= 11 is 0. The van der Waals surface area contributed by atoms with Gasteiger partial charge in [-0.15, -0.1) is 0 Å². The number of amides is 1. The predicted molar refractivity (Wildman–Crippen MR) is 97.2 cm³/mol. The highest BCUT2D eigenvalue weighted by atomic mass is 16.5. The van der Waals surface area contributed by atoms with Crippen LogP contribution in [0.15, 0.2) is 42.5 Å². The molecule has 0 saturated carbocycles. The average Bonchev–Trinajstić information content (AvgIpc) is 2.59. The summed E-state index contributed by atoms with van der Waals surface area (Å²) in [6, 6.07) is 9.02. The minimum atomic E-state index is -0.326. The van der Waals surface area contributed by atoms with E-state index in [0.29, 0.717) is 31.4 Å². The third-order valence-electron chi connectivity index (χ3n) is 3.90. The molecule has 0 aromatic heterocycles. The van der Waals surface area contributed by atoms with Crippen molar-refractivity contribution in [2.45, 2.75) is 40.0 Å². The van der Waals surface area contributed by atoms with Gasteiger partial charge in [0.25, 0.3) is 5.91 Å². The molecule has 0 aliphatic carbocycles. The van der Waals surface area contributed by atoms with E-state index in [1.54, 1.807) is 19.1 Å². The van der Waals surface area contributed by atoms with Gasteiger partial charge < -0.3 is 14.8 Å². The molecule has 0 aliphatic rings. The fraction of sp³-hybridized carbons (Fsp3) is 0.450. The van der Waals surface area contributed by atoms with Crippen LogP contribution in [0.5, 0.6) is 0 Å². The van der Waals surface area contributed by atoms with Crippen LogP contribution in [0.2, 0.25) is 0 Å². The Hall–Kier alpha value is -2.43. The maximum Gasteiger partial charge on any atom is 0.302 e. The molecule has 0 saturated heterocycles. The molecule has 0 aliphatic heterocycles. The summed E-state index contributed by atoms with van der Waals surface area (Å²) in [5.74, 6) is -0.328. The number of hydrogen-bond acceptors (Lipinski definition) is 4. The van der Waals surface area contributed by atoms with Crippen LogP contribution in [0, 0.1) is 5.41 Å². The number of esters is 1. The van der Waals surface area contributed by atoms with Gasteiger partial charge in [-0.1, -0.05) is 37.3 Å². The molecule has 1 unspecified atom stereocenters. The van der Waals surface area contributed by atoms with Crippen LogP contribution in [-0.2, 0) is 14.3 Å². The lowest BCUT2D eigenvalue weighted by Crippen LogP contribution is -2.25. The minimum absolute atomic E-state index is 0.119. The second kappa shape index (κ2) is 10.4. The van der Waals surface area contributed by atoms with Crippen molar-refractivity contribution in [2.24, 2.45) is 5.41 Å². The third kappa shape index (κ3) is 8.84. The van der Waals surface area contributed by atoms with Crippen molar-refractivity contribution in [1.82, 2.24) is 5.32 Å². The normalized spacial score (nSPS) is 13.2. The largest absolute Gasteiger partial charge is 0.465 e. The van der Waals surface area contributed by atoms with Crippen LogP contribution in [0.1, 0.15) is 50.4 Å². The van der Waals surface area contributed by atoms with Crippen molar-refractivity contribution >= 4 is 17.7 Å². The maximum absolute atomic E-state index is 11.9. The van der Waals surface area contributed by atoms with E-state index in [-0.39, 0.29) is 29.7 Å². The van der Waals surface area contributed by atoms with Gasteiger partial charge in [-0.25, -0.2) is 0 Å². The third-order valence-corrected chi connectivity index (χ3v) is 3.90. The van der Waals surface area contributed by atoms with E-state index in [1.807, 2.05) is 37.3 Å². The highest BCUT2D eigenvalue weighted by Gasteiger charge is 2.25. The maximum atomic E-state index is 11.9. The lowest BCUT2D eigenvalue weighted by molar-refractivity contribution is -0.144. The van der Waals surface area contributed by atoms with Crippen molar-refractivity contribution in [3.63, 3.8) is 0 Å². The summed E-state index contributed by atoms with van der Waals surface area (Å²) in [5, 5.41) is 2.82. The minimum Gasteiger partial charge on any atom is -0.465 e. The van der Waals surface area contributed by atoms with Crippen molar-refractivity contribution in [3.05, 3.63) is 48.0 Å². The van der Waals surface area contributed by atoms with Crippen molar-refractivity contribution in [3.8, 4) is 0 Å². The van der Waals surface area contributed by atoms with Gasteiger partial charge in [0.15, 0.2) is 0 Å². The molecular formula is C20H27NO4. The van der Waals surface area contributed by atoms with Crippen molar-refractivity contribution in [2.75, 3.05) is 13.2 Å². The zero-order valence-corrected chi connectivity index (χ0v) is 15.2. The van der Waals surface area contributed by atoms with Crippen molar-refractivity contribution < 1.29 is 19.1 Å². The molecule has 1 rings (SSSR count). The van der Waals surface area contributed by atoms with E-state index in [9.17, 15) is 14.4 Å². The number of nitrogens with one attached hydrogen (secondary N) is 1. The Balaban J connectivity index is 2.48. The number of hydrogen-bond donors (Lipinski definition) is 1. The zero-order valence-electron chi connectivity index (χ0n) is 15.2. The molecule has 25 heavy (non-hydrogen) atoms. The number of Topliss-reactive ketones (excluding diaryl/α,β-unsaturated/α-hetero) is 1. The first-order chi connectivity index (χ1) is 11.8. The van der Waals surface area contributed by atoms with E-state index in [4.69, 9.17) is 4.74 Å². The molecule has 1 atom stereocenters. The molecule has 1 aromatic carbocycles. The number of benzene rings is 1. The molecular weight excluding hydrogens is 318 g/mol. The van der Waals surface area contributed by atoms with Crippen LogP contribution in [0.4, 0.5) is 0 Å². The first kappa shape index (κ1) is 20.6. The number of carbonyl (C=O) groups is 3. The Morgan fingerprint density at radius 3 is 2.40 bits per heavy atom. The van der Waals surface area contributed by atoms with Gasteiger partial charge in [0, 0.05) is 30.9 Å². The Bertz CT molecular complexity index is 589. The number of rotatable bonds is 10. The second-order valence-corrected chi connectivity index (χ2v) is 6.54. The van der Waals surface area contributed by atoms with E-state index in [1.165, 1.54) is 6.92 Å². The predicted octanol–water partition coefficient (Wildman–Crippen LogP) is 3.30. The zero-order chi connectivity index (χ0) is 18.7. The fourth-order valence-electron chi connectivity index (χ4n) is 2.28. The van der Waals surface area contributed by atoms with Crippen LogP contribution < -0.4 is 5.32 Å². The van der Waals surface area contributed by atoms with Gasteiger partial charge in [-0.2, -0.15) is 0 Å². The lowest BCUT2D eigenvalue weighted by atomic mass is 9.82. The molecule has 0 radical (unpaired) electrons. The van der Waals surface area contributed by atoms with Gasteiger partial charge in [0.1, 0.15) is 5.78 Å². The van der Waals surface area contributed by atoms with Gasteiger partial charge in [-0.3, -0.25) is 9.59 Å². The molecule has 0 bridgehead atoms. The number of carbonyl (C=O) groups excluding carboxylic acids is 3. The Labute approximate surface area is 149 Å². The monoisotopic (exact) mass is 345 g/mol. The Kier molecular flexibility index (Phi) is 8.61. The molecule has 1 amide bonds. The molecule has 0 heterocycles. The molecule has 0 fully saturated rings. The number of allylic oxidation sites excluding steroid dienone is 1. The molecule has 136 valence electrons. The molecule has 1 N–H and O–H groups in total. The van der Waals surface area contributed by atoms with Gasteiger partial charge in [0.2, 0.25) is 0 Å². The van der Waals surface area contributed by atoms with E-state index in [2.05, 4.69) is 5.32 Å². The van der Waals surface area contributed by atoms with Crippen molar-refractivity contribution in [1.29, 1.82) is 0 Å². The Morgan fingerprint density at radius 2 is 1.80 bits per heavy atom. The quantitative estimate of drug-likeness (QED) is 0.522. The summed E-state index contributed by atoms with van der Waals surface area (Å²) in [5.41, 5.74) is 0.328. The van der Waals surface area contributed by atoms with E-state index >= 15 is 0 Å². The molecule has 1 aromatic rings. The summed E-state index contributed by atoms with van der Waals surface area (Å²) in [4.78, 5) is 34.2. The standard InChI is InChI=1S/C20H27NO4/c1-16(22)11-13-20(3,15-25-17(2)23)12-7-8-14-21-19(24)18-9-5-4-6-10-18/h4-10H,11-15H2,1-3H3,(H,21,24)/b8-7+. The summed E-state index contributed by atoms with van der Waals surface area (Å²) in [6.07, 6.45) is 5.59. The van der Waals surface area contributed by atoms with Crippen LogP contribution in [0.25, 0.3) is 0 Å². The van der Waals surface area contributed by atoms with Gasteiger partial charge >= 0.3 is 5.97 Å². The molecule has 5 nitrogen and oxygen atoms in total. The van der Waals surface area contributed by atoms with E-state index < -0.39 is 0 Å². The summed E-state index contributed by atoms with van der Waals surface area (Å²) < 4.78 is 5.14. The van der Waals surface area contributed by atoms with Gasteiger partial charge in [0.05, 0.1) is 6.61 Å². The second-order valence-electron chi connectivity index (χ2n) is 6.54. The molecule has 5 heteroatoms. The van der Waals surface area contributed by atoms with Crippen LogP contribution in [-0.4, -0.2) is 30.8 Å². The van der Waals surface area contributed by atoms with Crippen LogP contribution in [0.3, 0.4) is 0 Å². The summed E-state index contributed by atoms with van der Waals surface area (Å²) in [6.45, 7) is 5.62. The Morgan fingerprint density at radius 1 is 1.12 bits per heavy atom. The van der Waals surface area contributed by atoms with Crippen LogP contribution >= 0.6 is 0 Å². The highest BCUT2D eigenvalue weighted by molar-refractivity contribution is 5.94. The fourth-order valence-corrected chi connectivity index (χ4v) is 2.28. The number of ether oxygens (including phenoxy) is 1. The summed E-state index contributed by atoms with van der Waals surface area (Å²) in [7, 11) is 0.